The molecule has 0 bridgehead atoms. The molecule has 1 fully saturated rings. The fraction of sp³-hybridized carbons (Fsp3) is 0.346. The van der Waals surface area contributed by atoms with E-state index in [0.717, 1.165) is 59.4 Å². The van der Waals surface area contributed by atoms with Gasteiger partial charge in [-0.3, -0.25) is 4.79 Å². The van der Waals surface area contributed by atoms with Crippen molar-refractivity contribution in [2.24, 2.45) is 0 Å². The molecule has 1 saturated heterocycles. The Balaban J connectivity index is 1.70. The molecule has 0 aliphatic carbocycles. The number of aryl methyl sites for hydroxylation is 1. The van der Waals surface area contributed by atoms with Crippen LogP contribution in [0.2, 0.25) is 5.02 Å². The quantitative estimate of drug-likeness (QED) is 0.523. The summed E-state index contributed by atoms with van der Waals surface area (Å²) in [4.78, 5) is 26.4. The zero-order valence-electron chi connectivity index (χ0n) is 19.1. The first-order chi connectivity index (χ1) is 16.1. The molecule has 1 aliphatic rings. The number of carbonyl (C=O) groups excluding carboxylic acids is 1. The number of piperazine rings is 1. The van der Waals surface area contributed by atoms with Crippen LogP contribution in [0.1, 0.15) is 23.7 Å². The number of carbonyl (C=O) groups is 1. The molecular weight excluding hydrogens is 436 g/mol. The lowest BCUT2D eigenvalue weighted by Crippen LogP contribution is -2.50. The van der Waals surface area contributed by atoms with Crippen molar-refractivity contribution in [3.8, 4) is 11.4 Å². The molecular formula is C26H29ClN4O2. The van der Waals surface area contributed by atoms with Gasteiger partial charge in [-0.15, -0.1) is 0 Å². The van der Waals surface area contributed by atoms with Gasteiger partial charge in [0, 0.05) is 61.6 Å². The van der Waals surface area contributed by atoms with Crippen molar-refractivity contribution in [3.05, 3.63) is 76.4 Å². The minimum Gasteiger partial charge on any atom is -0.375 e. The molecule has 33 heavy (non-hydrogen) atoms. The van der Waals surface area contributed by atoms with E-state index < -0.39 is 0 Å². The highest BCUT2D eigenvalue weighted by molar-refractivity contribution is 6.30. The van der Waals surface area contributed by atoms with E-state index in [-0.39, 0.29) is 12.5 Å². The molecule has 172 valence electrons. The minimum absolute atomic E-state index is 0.0282. The number of methoxy groups -OCH3 is 1. The summed E-state index contributed by atoms with van der Waals surface area (Å²) in [6.45, 7) is 4.99. The summed E-state index contributed by atoms with van der Waals surface area (Å²) in [6, 6.07) is 18.0. The van der Waals surface area contributed by atoms with Gasteiger partial charge in [0.1, 0.15) is 12.4 Å². The summed E-state index contributed by atoms with van der Waals surface area (Å²) in [5.41, 5.74) is 4.35. The molecule has 0 N–H and O–H groups in total. The zero-order chi connectivity index (χ0) is 23.2. The highest BCUT2D eigenvalue weighted by Crippen LogP contribution is 2.29. The highest BCUT2D eigenvalue weighted by atomic mass is 35.5. The van der Waals surface area contributed by atoms with E-state index in [1.54, 1.807) is 7.11 Å². The Kier molecular flexibility index (Phi) is 7.57. The molecule has 0 radical (unpaired) electrons. The SMILES string of the molecule is CCc1nc(-c2ccccc2)nc(N2CCN(C(=O)COC)CC2)c1Cc1ccc(Cl)cc1. The second kappa shape index (κ2) is 10.8. The van der Waals surface area contributed by atoms with Gasteiger partial charge in [-0.1, -0.05) is 61.0 Å². The molecule has 0 spiro atoms. The molecule has 2 heterocycles. The van der Waals surface area contributed by atoms with Gasteiger partial charge >= 0.3 is 0 Å². The summed E-state index contributed by atoms with van der Waals surface area (Å²) in [7, 11) is 1.55. The van der Waals surface area contributed by atoms with Crippen LogP contribution < -0.4 is 4.90 Å². The number of ether oxygens (including phenoxy) is 1. The van der Waals surface area contributed by atoms with Crippen molar-refractivity contribution >= 4 is 23.3 Å². The lowest BCUT2D eigenvalue weighted by atomic mass is 10.0. The number of amides is 1. The second-order valence-electron chi connectivity index (χ2n) is 8.12. The third-order valence-electron chi connectivity index (χ3n) is 5.93. The molecule has 0 unspecified atom stereocenters. The van der Waals surface area contributed by atoms with Crippen LogP contribution in [-0.4, -0.2) is 60.7 Å². The van der Waals surface area contributed by atoms with Crippen molar-refractivity contribution in [2.75, 3.05) is 44.8 Å². The van der Waals surface area contributed by atoms with Gasteiger partial charge in [-0.05, 0) is 24.1 Å². The Labute approximate surface area is 200 Å². The predicted molar refractivity (Wildman–Crippen MR) is 132 cm³/mol. The lowest BCUT2D eigenvalue weighted by molar-refractivity contribution is -0.135. The van der Waals surface area contributed by atoms with Gasteiger partial charge in [-0.25, -0.2) is 9.97 Å². The maximum Gasteiger partial charge on any atom is 0.248 e. The number of aromatic nitrogens is 2. The van der Waals surface area contributed by atoms with Crippen LogP contribution in [0.15, 0.2) is 54.6 Å². The molecule has 0 saturated carbocycles. The third-order valence-corrected chi connectivity index (χ3v) is 6.18. The largest absolute Gasteiger partial charge is 0.375 e. The topological polar surface area (TPSA) is 58.6 Å². The number of hydrogen-bond donors (Lipinski definition) is 0. The summed E-state index contributed by atoms with van der Waals surface area (Å²) < 4.78 is 5.02. The Bertz CT molecular complexity index is 1080. The monoisotopic (exact) mass is 464 g/mol. The lowest BCUT2D eigenvalue weighted by Gasteiger charge is -2.36. The van der Waals surface area contributed by atoms with E-state index in [9.17, 15) is 4.79 Å². The third kappa shape index (κ3) is 5.52. The summed E-state index contributed by atoms with van der Waals surface area (Å²) >= 11 is 6.10. The van der Waals surface area contributed by atoms with Crippen LogP contribution in [0.25, 0.3) is 11.4 Å². The van der Waals surface area contributed by atoms with E-state index in [1.165, 1.54) is 5.56 Å². The number of rotatable bonds is 7. The molecule has 1 amide bonds. The Morgan fingerprint density at radius 1 is 1.00 bits per heavy atom. The minimum atomic E-state index is 0.0282. The van der Waals surface area contributed by atoms with E-state index >= 15 is 0 Å². The van der Waals surface area contributed by atoms with E-state index in [1.807, 2.05) is 47.4 Å². The summed E-state index contributed by atoms with van der Waals surface area (Å²) in [6.07, 6.45) is 1.54. The first kappa shape index (κ1) is 23.2. The van der Waals surface area contributed by atoms with Gasteiger partial charge in [0.25, 0.3) is 0 Å². The van der Waals surface area contributed by atoms with E-state index in [0.29, 0.717) is 13.1 Å². The number of hydrogen-bond acceptors (Lipinski definition) is 5. The fourth-order valence-corrected chi connectivity index (χ4v) is 4.28. The molecule has 1 aliphatic heterocycles. The van der Waals surface area contributed by atoms with Crippen molar-refractivity contribution < 1.29 is 9.53 Å². The van der Waals surface area contributed by atoms with E-state index in [4.69, 9.17) is 26.3 Å². The first-order valence-corrected chi connectivity index (χ1v) is 11.7. The maximum atomic E-state index is 12.3. The van der Waals surface area contributed by atoms with Crippen LogP contribution in [0.5, 0.6) is 0 Å². The van der Waals surface area contributed by atoms with Gasteiger partial charge in [0.05, 0.1) is 0 Å². The predicted octanol–water partition coefficient (Wildman–Crippen LogP) is 4.25. The van der Waals surface area contributed by atoms with E-state index in [2.05, 4.69) is 24.0 Å². The molecule has 2 aromatic carbocycles. The number of benzene rings is 2. The standard InChI is InChI=1S/C26H29ClN4O2/c1-3-23-22(17-19-9-11-21(27)12-10-19)26(29-25(28-23)20-7-5-4-6-8-20)31-15-13-30(14-16-31)24(32)18-33-2/h4-12H,3,13-18H2,1-2H3. The molecule has 0 atom stereocenters. The van der Waals surface area contributed by atoms with Crippen LogP contribution in [0, 0.1) is 0 Å². The smallest absolute Gasteiger partial charge is 0.248 e. The normalized spacial score (nSPS) is 13.9. The van der Waals surface area contributed by atoms with Gasteiger partial charge in [-0.2, -0.15) is 0 Å². The van der Waals surface area contributed by atoms with Gasteiger partial charge in [0.15, 0.2) is 5.82 Å². The molecule has 3 aromatic rings. The molecule has 1 aromatic heterocycles. The van der Waals surface area contributed by atoms with Crippen LogP contribution in [0.3, 0.4) is 0 Å². The van der Waals surface area contributed by atoms with Crippen LogP contribution in [0.4, 0.5) is 5.82 Å². The van der Waals surface area contributed by atoms with Crippen molar-refractivity contribution in [2.45, 2.75) is 19.8 Å². The zero-order valence-corrected chi connectivity index (χ0v) is 19.9. The molecule has 4 rings (SSSR count). The average Bonchev–Trinajstić information content (AvgIpc) is 2.86. The summed E-state index contributed by atoms with van der Waals surface area (Å²) in [5.74, 6) is 1.72. The maximum absolute atomic E-state index is 12.3. The van der Waals surface area contributed by atoms with Gasteiger partial charge in [0.2, 0.25) is 5.91 Å². The van der Waals surface area contributed by atoms with Crippen molar-refractivity contribution in [3.63, 3.8) is 0 Å². The highest BCUT2D eigenvalue weighted by Gasteiger charge is 2.25. The van der Waals surface area contributed by atoms with Crippen molar-refractivity contribution in [1.82, 2.24) is 14.9 Å². The Hall–Kier alpha value is -2.96. The van der Waals surface area contributed by atoms with Crippen LogP contribution in [-0.2, 0) is 22.4 Å². The Morgan fingerprint density at radius 2 is 1.70 bits per heavy atom. The number of nitrogens with zero attached hydrogens (tertiary/aromatic N) is 4. The first-order valence-electron chi connectivity index (χ1n) is 11.3. The fourth-order valence-electron chi connectivity index (χ4n) is 4.16. The average molecular weight is 465 g/mol. The molecule has 7 heteroatoms. The van der Waals surface area contributed by atoms with Gasteiger partial charge < -0.3 is 14.5 Å². The van der Waals surface area contributed by atoms with Crippen LogP contribution >= 0.6 is 11.6 Å². The Morgan fingerprint density at radius 3 is 2.33 bits per heavy atom. The number of halogens is 1. The molecule has 6 nitrogen and oxygen atoms in total. The second-order valence-corrected chi connectivity index (χ2v) is 8.56. The van der Waals surface area contributed by atoms with Crippen molar-refractivity contribution in [1.29, 1.82) is 0 Å². The number of anilines is 1. The summed E-state index contributed by atoms with van der Waals surface area (Å²) in [5, 5.41) is 0.724.